The third kappa shape index (κ3) is 4.21. The highest BCUT2D eigenvalue weighted by atomic mass is 16.6. The van der Waals surface area contributed by atoms with Gasteiger partial charge in [0.1, 0.15) is 12.3 Å². The van der Waals surface area contributed by atoms with Gasteiger partial charge in [0.25, 0.3) is 5.91 Å². The van der Waals surface area contributed by atoms with Crippen LogP contribution in [0, 0.1) is 13.8 Å². The number of benzene rings is 2. The number of aromatic nitrogens is 1. The summed E-state index contributed by atoms with van der Waals surface area (Å²) in [6.07, 6.45) is 1.18. The van der Waals surface area contributed by atoms with E-state index in [4.69, 9.17) is 4.74 Å². The van der Waals surface area contributed by atoms with E-state index in [9.17, 15) is 9.59 Å². The van der Waals surface area contributed by atoms with Crippen LogP contribution in [0.2, 0.25) is 0 Å². The van der Waals surface area contributed by atoms with Gasteiger partial charge in [-0.3, -0.25) is 9.69 Å². The fourth-order valence-electron chi connectivity index (χ4n) is 4.76. The highest BCUT2D eigenvalue weighted by molar-refractivity contribution is 5.94. The van der Waals surface area contributed by atoms with Gasteiger partial charge in [0.2, 0.25) is 0 Å². The summed E-state index contributed by atoms with van der Waals surface area (Å²) in [6.45, 7) is 7.37. The lowest BCUT2D eigenvalue weighted by Crippen LogP contribution is -2.49. The number of nitrogens with zero attached hydrogens (tertiary/aromatic N) is 4. The lowest BCUT2D eigenvalue weighted by molar-refractivity contribution is 0.0741. The normalized spacial score (nSPS) is 18.2. The third-order valence-corrected chi connectivity index (χ3v) is 6.56. The number of carbonyl (C=O) groups is 2. The molecule has 2 amide bonds. The van der Waals surface area contributed by atoms with Gasteiger partial charge in [-0.2, -0.15) is 0 Å². The zero-order valence-electron chi connectivity index (χ0n) is 19.5. The summed E-state index contributed by atoms with van der Waals surface area (Å²) in [5, 5.41) is 0. The molecule has 0 aliphatic carbocycles. The van der Waals surface area contributed by atoms with E-state index in [2.05, 4.69) is 41.9 Å². The topological polar surface area (TPSA) is 66.0 Å². The number of anilines is 2. The maximum absolute atomic E-state index is 13.1. The highest BCUT2D eigenvalue weighted by Crippen LogP contribution is 2.32. The van der Waals surface area contributed by atoms with Crippen molar-refractivity contribution < 1.29 is 14.3 Å². The Morgan fingerprint density at radius 2 is 1.74 bits per heavy atom. The lowest BCUT2D eigenvalue weighted by atomic mass is 10.1. The first-order valence-electron chi connectivity index (χ1n) is 11.6. The summed E-state index contributed by atoms with van der Waals surface area (Å²) >= 11 is 0. The van der Waals surface area contributed by atoms with Gasteiger partial charge in [-0.05, 0) is 43.2 Å². The van der Waals surface area contributed by atoms with Gasteiger partial charge >= 0.3 is 6.09 Å². The molecule has 5 rings (SSSR count). The molecule has 0 radical (unpaired) electrons. The number of hydrogen-bond donors (Lipinski definition) is 0. The van der Waals surface area contributed by atoms with Gasteiger partial charge in [0, 0.05) is 31.9 Å². The predicted octanol–water partition coefficient (Wildman–Crippen LogP) is 4.36. The Bertz CT molecular complexity index is 1190. The van der Waals surface area contributed by atoms with Crippen LogP contribution in [0.15, 0.2) is 66.9 Å². The first-order valence-corrected chi connectivity index (χ1v) is 11.6. The molecule has 2 aliphatic heterocycles. The van der Waals surface area contributed by atoms with Crippen LogP contribution >= 0.6 is 0 Å². The number of pyridine rings is 1. The largest absolute Gasteiger partial charge is 0.447 e. The van der Waals surface area contributed by atoms with E-state index in [0.29, 0.717) is 24.5 Å². The minimum atomic E-state index is -0.405. The van der Waals surface area contributed by atoms with Crippen LogP contribution in [0.1, 0.15) is 33.2 Å². The average Bonchev–Trinajstić information content (AvgIpc) is 3.26. The molecule has 1 unspecified atom stereocenters. The first kappa shape index (κ1) is 21.9. The Balaban J connectivity index is 1.26. The average molecular weight is 457 g/mol. The molecule has 3 aromatic rings. The maximum atomic E-state index is 13.1. The number of amides is 2. The second-order valence-corrected chi connectivity index (χ2v) is 8.84. The molecule has 0 spiro atoms. The minimum Gasteiger partial charge on any atom is -0.447 e. The molecule has 2 aliphatic rings. The van der Waals surface area contributed by atoms with Crippen molar-refractivity contribution in [2.24, 2.45) is 0 Å². The van der Waals surface area contributed by atoms with Gasteiger partial charge in [0.15, 0.2) is 0 Å². The number of aryl methyl sites for hydroxylation is 2. The second kappa shape index (κ2) is 9.17. The van der Waals surface area contributed by atoms with E-state index in [-0.39, 0.29) is 18.6 Å². The molecule has 2 aromatic carbocycles. The molecular formula is C27H28N4O3. The van der Waals surface area contributed by atoms with Gasteiger partial charge in [-0.1, -0.05) is 48.0 Å². The molecule has 7 heteroatoms. The fraction of sp³-hybridized carbons (Fsp3) is 0.296. The quantitative estimate of drug-likeness (QED) is 0.584. The highest BCUT2D eigenvalue weighted by Gasteiger charge is 2.35. The molecule has 34 heavy (non-hydrogen) atoms. The van der Waals surface area contributed by atoms with Crippen molar-refractivity contribution in [3.63, 3.8) is 0 Å². The number of carbonyl (C=O) groups excluding carboxylic acids is 2. The molecule has 2 saturated heterocycles. The Morgan fingerprint density at radius 3 is 2.41 bits per heavy atom. The van der Waals surface area contributed by atoms with Crippen LogP contribution in [0.4, 0.5) is 16.2 Å². The number of cyclic esters (lactones) is 1. The lowest BCUT2D eigenvalue weighted by Gasteiger charge is -2.36. The van der Waals surface area contributed by atoms with Gasteiger partial charge in [-0.15, -0.1) is 0 Å². The molecular weight excluding hydrogens is 428 g/mol. The van der Waals surface area contributed by atoms with Gasteiger partial charge in [0.05, 0.1) is 17.9 Å². The molecule has 0 N–H and O–H groups in total. The summed E-state index contributed by atoms with van der Waals surface area (Å²) in [7, 11) is 0. The Labute approximate surface area is 199 Å². The maximum Gasteiger partial charge on any atom is 0.415 e. The van der Waals surface area contributed by atoms with Crippen LogP contribution in [0.5, 0.6) is 0 Å². The van der Waals surface area contributed by atoms with E-state index in [1.165, 1.54) is 16.8 Å². The van der Waals surface area contributed by atoms with Gasteiger partial charge < -0.3 is 14.5 Å². The molecule has 0 bridgehead atoms. The van der Waals surface area contributed by atoms with Crippen molar-refractivity contribution in [3.05, 3.63) is 89.2 Å². The molecule has 7 nitrogen and oxygen atoms in total. The zero-order valence-corrected chi connectivity index (χ0v) is 19.5. The Kier molecular flexibility index (Phi) is 5.92. The van der Waals surface area contributed by atoms with Crippen LogP contribution < -0.4 is 9.80 Å². The number of rotatable bonds is 4. The van der Waals surface area contributed by atoms with Crippen molar-refractivity contribution in [2.45, 2.75) is 19.9 Å². The third-order valence-electron chi connectivity index (χ3n) is 6.56. The second-order valence-electron chi connectivity index (χ2n) is 8.84. The first-order chi connectivity index (χ1) is 16.5. The van der Waals surface area contributed by atoms with Crippen LogP contribution in [0.25, 0.3) is 0 Å². The summed E-state index contributed by atoms with van der Waals surface area (Å²) in [5.74, 6) is -0.0876. The van der Waals surface area contributed by atoms with Crippen molar-refractivity contribution in [1.29, 1.82) is 0 Å². The summed E-state index contributed by atoms with van der Waals surface area (Å²) < 4.78 is 5.30. The summed E-state index contributed by atoms with van der Waals surface area (Å²) in [5.41, 5.74) is 5.73. The van der Waals surface area contributed by atoms with Crippen molar-refractivity contribution >= 4 is 23.4 Å². The molecule has 174 valence electrons. The van der Waals surface area contributed by atoms with Crippen LogP contribution in [-0.4, -0.2) is 54.7 Å². The predicted molar refractivity (Wildman–Crippen MR) is 131 cm³/mol. The number of ether oxygens (including phenoxy) is 1. The Hall–Kier alpha value is -3.87. The number of hydrogen-bond acceptors (Lipinski definition) is 5. The molecule has 1 atom stereocenters. The molecule has 0 saturated carbocycles. The summed E-state index contributed by atoms with van der Waals surface area (Å²) in [4.78, 5) is 35.7. The van der Waals surface area contributed by atoms with Gasteiger partial charge in [-0.25, -0.2) is 9.78 Å². The Morgan fingerprint density at radius 1 is 0.971 bits per heavy atom. The molecule has 3 heterocycles. The van der Waals surface area contributed by atoms with E-state index in [1.807, 2.05) is 35.2 Å². The minimum absolute atomic E-state index is 0.0876. The van der Waals surface area contributed by atoms with Crippen molar-refractivity contribution in [1.82, 2.24) is 9.88 Å². The van der Waals surface area contributed by atoms with E-state index in [1.54, 1.807) is 23.2 Å². The molecule has 1 aromatic heterocycles. The SMILES string of the molecule is Cc1ccc(N2CCN(C(=O)c3ccc(N4C(=O)OCC4c4ccccc4)cn3)CC2)c(C)c1. The van der Waals surface area contributed by atoms with E-state index in [0.717, 1.165) is 18.7 Å². The van der Waals surface area contributed by atoms with Crippen molar-refractivity contribution in [2.75, 3.05) is 42.6 Å². The fourth-order valence-corrected chi connectivity index (χ4v) is 4.76. The van der Waals surface area contributed by atoms with Crippen molar-refractivity contribution in [3.8, 4) is 0 Å². The van der Waals surface area contributed by atoms with E-state index < -0.39 is 6.09 Å². The zero-order chi connectivity index (χ0) is 23.7. The number of piperazine rings is 1. The monoisotopic (exact) mass is 456 g/mol. The van der Waals surface area contributed by atoms with Crippen LogP contribution in [-0.2, 0) is 4.74 Å². The van der Waals surface area contributed by atoms with Crippen LogP contribution in [0.3, 0.4) is 0 Å². The summed E-state index contributed by atoms with van der Waals surface area (Å²) in [6, 6.07) is 19.5. The molecule has 2 fully saturated rings. The van der Waals surface area contributed by atoms with E-state index >= 15 is 0 Å². The standard InChI is InChI=1S/C27H28N4O3/c1-19-8-11-24(20(2)16-19)29-12-14-30(15-13-29)26(32)23-10-9-22(17-28-23)31-25(18-34-27(31)33)21-6-4-3-5-7-21/h3-11,16-17,25H,12-15,18H2,1-2H3. The smallest absolute Gasteiger partial charge is 0.415 e.